The molecule has 0 bridgehead atoms. The molecule has 3 nitrogen and oxygen atoms in total. The van der Waals surface area contributed by atoms with Gasteiger partial charge in [-0.15, -0.1) is 0 Å². The molecule has 2 heterocycles. The van der Waals surface area contributed by atoms with Crippen LogP contribution in [0.2, 0.25) is 5.02 Å². The third-order valence-electron chi connectivity index (χ3n) is 4.49. The Morgan fingerprint density at radius 2 is 1.69 bits per heavy atom. The molecule has 2 aromatic heterocycles. The fourth-order valence-corrected chi connectivity index (χ4v) is 3.33. The number of para-hydroxylation sites is 1. The minimum atomic E-state index is -0.00965. The third-order valence-corrected chi connectivity index (χ3v) is 4.74. The molecule has 0 amide bonds. The standard InChI is InChI=1S/C22H17ClN2O/c23-17-10-8-16(9-11-17)20-15-22(26)25(21-7-2-1-6-19(20)21)14-12-18-5-3-4-13-24-18/h1-11,13,15H,12,14H2. The van der Waals surface area contributed by atoms with Crippen molar-refractivity contribution in [3.63, 3.8) is 0 Å². The second-order valence-electron chi connectivity index (χ2n) is 6.14. The van der Waals surface area contributed by atoms with E-state index in [-0.39, 0.29) is 5.56 Å². The van der Waals surface area contributed by atoms with Crippen LogP contribution < -0.4 is 5.56 Å². The van der Waals surface area contributed by atoms with Crippen LogP contribution in [-0.4, -0.2) is 9.55 Å². The number of fused-ring (bicyclic) bond motifs is 1. The average Bonchev–Trinajstić information content (AvgIpc) is 2.68. The number of pyridine rings is 2. The molecule has 0 atom stereocenters. The van der Waals surface area contributed by atoms with E-state index in [1.54, 1.807) is 12.3 Å². The molecule has 0 saturated carbocycles. The zero-order valence-corrected chi connectivity index (χ0v) is 14.9. The van der Waals surface area contributed by atoms with Crippen molar-refractivity contribution in [2.45, 2.75) is 13.0 Å². The van der Waals surface area contributed by atoms with Crippen molar-refractivity contribution in [3.05, 3.63) is 100 Å². The van der Waals surface area contributed by atoms with Gasteiger partial charge in [0.15, 0.2) is 0 Å². The van der Waals surface area contributed by atoms with Gasteiger partial charge in [-0.25, -0.2) is 0 Å². The molecule has 4 aromatic rings. The first-order chi connectivity index (χ1) is 12.7. The highest BCUT2D eigenvalue weighted by Gasteiger charge is 2.10. The van der Waals surface area contributed by atoms with Crippen molar-refractivity contribution in [3.8, 4) is 11.1 Å². The predicted molar refractivity (Wildman–Crippen MR) is 107 cm³/mol. The average molecular weight is 361 g/mol. The molecule has 0 aliphatic heterocycles. The number of nitrogens with zero attached hydrogens (tertiary/aromatic N) is 2. The summed E-state index contributed by atoms with van der Waals surface area (Å²) in [6.45, 7) is 0.595. The molecule has 0 aliphatic carbocycles. The van der Waals surface area contributed by atoms with Crippen molar-refractivity contribution in [2.24, 2.45) is 0 Å². The summed E-state index contributed by atoms with van der Waals surface area (Å²) in [5, 5.41) is 1.73. The van der Waals surface area contributed by atoms with Crippen molar-refractivity contribution in [1.82, 2.24) is 9.55 Å². The fourth-order valence-electron chi connectivity index (χ4n) is 3.21. The van der Waals surface area contributed by atoms with Crippen LogP contribution in [0.5, 0.6) is 0 Å². The molecule has 0 saturated heterocycles. The highest BCUT2D eigenvalue weighted by Crippen LogP contribution is 2.28. The smallest absolute Gasteiger partial charge is 0.251 e. The summed E-state index contributed by atoms with van der Waals surface area (Å²) in [5.74, 6) is 0. The van der Waals surface area contributed by atoms with Crippen LogP contribution in [0.3, 0.4) is 0 Å². The number of halogens is 1. The Morgan fingerprint density at radius 1 is 0.923 bits per heavy atom. The van der Waals surface area contributed by atoms with Crippen LogP contribution in [0.15, 0.2) is 83.8 Å². The van der Waals surface area contributed by atoms with Gasteiger partial charge in [-0.1, -0.05) is 48.0 Å². The minimum absolute atomic E-state index is 0.00965. The van der Waals surface area contributed by atoms with Gasteiger partial charge >= 0.3 is 0 Å². The summed E-state index contributed by atoms with van der Waals surface area (Å²) in [4.78, 5) is 17.2. The summed E-state index contributed by atoms with van der Waals surface area (Å²) < 4.78 is 1.82. The summed E-state index contributed by atoms with van der Waals surface area (Å²) in [7, 11) is 0. The van der Waals surface area contributed by atoms with E-state index in [4.69, 9.17) is 11.6 Å². The quantitative estimate of drug-likeness (QED) is 0.515. The summed E-state index contributed by atoms with van der Waals surface area (Å²) >= 11 is 6.00. The zero-order chi connectivity index (χ0) is 17.9. The lowest BCUT2D eigenvalue weighted by molar-refractivity contribution is 0.685. The largest absolute Gasteiger partial charge is 0.308 e. The van der Waals surface area contributed by atoms with E-state index in [0.717, 1.165) is 27.7 Å². The third kappa shape index (κ3) is 3.26. The Kier molecular flexibility index (Phi) is 4.55. The van der Waals surface area contributed by atoms with Crippen molar-refractivity contribution in [1.29, 1.82) is 0 Å². The maximum atomic E-state index is 12.8. The van der Waals surface area contributed by atoms with E-state index >= 15 is 0 Å². The van der Waals surface area contributed by atoms with Crippen molar-refractivity contribution in [2.75, 3.05) is 0 Å². The van der Waals surface area contributed by atoms with Crippen LogP contribution in [0.1, 0.15) is 5.69 Å². The monoisotopic (exact) mass is 360 g/mol. The van der Waals surface area contributed by atoms with Crippen LogP contribution in [0.4, 0.5) is 0 Å². The highest BCUT2D eigenvalue weighted by atomic mass is 35.5. The number of rotatable bonds is 4. The molecule has 2 aromatic carbocycles. The molecule has 4 rings (SSSR count). The van der Waals surface area contributed by atoms with E-state index in [1.165, 1.54) is 0 Å². The lowest BCUT2D eigenvalue weighted by Crippen LogP contribution is -2.21. The van der Waals surface area contributed by atoms with E-state index < -0.39 is 0 Å². The first-order valence-electron chi connectivity index (χ1n) is 8.51. The van der Waals surface area contributed by atoms with Gasteiger partial charge in [-0.05, 0) is 41.5 Å². The van der Waals surface area contributed by atoms with Crippen LogP contribution in [-0.2, 0) is 13.0 Å². The summed E-state index contributed by atoms with van der Waals surface area (Å²) in [6.07, 6.45) is 2.49. The van der Waals surface area contributed by atoms with Crippen LogP contribution in [0.25, 0.3) is 22.0 Å². The second kappa shape index (κ2) is 7.14. The van der Waals surface area contributed by atoms with E-state index in [0.29, 0.717) is 18.0 Å². The highest BCUT2D eigenvalue weighted by molar-refractivity contribution is 6.30. The molecular weight excluding hydrogens is 344 g/mol. The summed E-state index contributed by atoms with van der Waals surface area (Å²) in [6, 6.07) is 23.1. The van der Waals surface area contributed by atoms with Gasteiger partial charge in [0.25, 0.3) is 5.56 Å². The van der Waals surface area contributed by atoms with E-state index in [2.05, 4.69) is 11.1 Å². The molecule has 0 radical (unpaired) electrons. The maximum absolute atomic E-state index is 12.8. The van der Waals surface area contributed by atoms with Crippen LogP contribution in [0, 0.1) is 0 Å². The molecular formula is C22H17ClN2O. The van der Waals surface area contributed by atoms with Gasteiger partial charge in [-0.2, -0.15) is 0 Å². The Hall–Kier alpha value is -2.91. The van der Waals surface area contributed by atoms with Gasteiger partial charge in [0.05, 0.1) is 5.52 Å². The van der Waals surface area contributed by atoms with Crippen molar-refractivity contribution < 1.29 is 0 Å². The fraction of sp³-hybridized carbons (Fsp3) is 0.0909. The molecule has 4 heteroatoms. The Balaban J connectivity index is 1.80. The first-order valence-corrected chi connectivity index (χ1v) is 8.88. The maximum Gasteiger partial charge on any atom is 0.251 e. The van der Waals surface area contributed by atoms with Gasteiger partial charge in [-0.3, -0.25) is 9.78 Å². The van der Waals surface area contributed by atoms with Gasteiger partial charge in [0, 0.05) is 41.3 Å². The number of benzene rings is 2. The van der Waals surface area contributed by atoms with E-state index in [9.17, 15) is 4.79 Å². The van der Waals surface area contributed by atoms with Crippen LogP contribution >= 0.6 is 11.6 Å². The summed E-state index contributed by atoms with van der Waals surface area (Å²) in [5.41, 5.74) is 3.81. The van der Waals surface area contributed by atoms with E-state index in [1.807, 2.05) is 65.2 Å². The second-order valence-corrected chi connectivity index (χ2v) is 6.58. The predicted octanol–water partition coefficient (Wildman–Crippen LogP) is 4.96. The van der Waals surface area contributed by atoms with Gasteiger partial charge < -0.3 is 4.57 Å². The SMILES string of the molecule is O=c1cc(-c2ccc(Cl)cc2)c2ccccc2n1CCc1ccccn1. The molecule has 128 valence electrons. The van der Waals surface area contributed by atoms with Crippen molar-refractivity contribution >= 4 is 22.5 Å². The molecule has 0 spiro atoms. The number of aromatic nitrogens is 2. The Bertz CT molecular complexity index is 1100. The lowest BCUT2D eigenvalue weighted by Gasteiger charge is -2.14. The molecule has 0 fully saturated rings. The topological polar surface area (TPSA) is 34.9 Å². The minimum Gasteiger partial charge on any atom is -0.308 e. The molecule has 0 N–H and O–H groups in total. The van der Waals surface area contributed by atoms with Gasteiger partial charge in [0.1, 0.15) is 0 Å². The number of hydrogen-bond acceptors (Lipinski definition) is 2. The molecule has 26 heavy (non-hydrogen) atoms. The number of hydrogen-bond donors (Lipinski definition) is 0. The lowest BCUT2D eigenvalue weighted by atomic mass is 10.0. The van der Waals surface area contributed by atoms with Gasteiger partial charge in [0.2, 0.25) is 0 Å². The first kappa shape index (κ1) is 16.6. The molecule has 0 unspecified atom stereocenters. The normalized spacial score (nSPS) is 11.0. The zero-order valence-electron chi connectivity index (χ0n) is 14.1. The molecule has 0 aliphatic rings. The Labute approximate surface area is 156 Å². The Morgan fingerprint density at radius 3 is 2.46 bits per heavy atom. The number of aryl methyl sites for hydroxylation is 2.